The van der Waals surface area contributed by atoms with Crippen LogP contribution >= 0.6 is 0 Å². The molecule has 0 saturated heterocycles. The Balaban J connectivity index is 2.33. The molecule has 2 atom stereocenters. The van der Waals surface area contributed by atoms with E-state index in [-0.39, 0.29) is 11.9 Å². The van der Waals surface area contributed by atoms with Gasteiger partial charge >= 0.3 is 11.9 Å². The molecule has 0 heterocycles. The zero-order valence-electron chi connectivity index (χ0n) is 11.5. The second-order valence-corrected chi connectivity index (χ2v) is 5.04. The summed E-state index contributed by atoms with van der Waals surface area (Å²) in [7, 11) is 2.70. The van der Waals surface area contributed by atoms with Crippen LogP contribution in [0.3, 0.4) is 0 Å². The molecule has 1 fully saturated rings. The van der Waals surface area contributed by atoms with Gasteiger partial charge in [-0.15, -0.1) is 0 Å². The molecule has 19 heavy (non-hydrogen) atoms. The van der Waals surface area contributed by atoms with Gasteiger partial charge in [0.1, 0.15) is 0 Å². The van der Waals surface area contributed by atoms with Crippen molar-refractivity contribution in [2.45, 2.75) is 32.1 Å². The number of ether oxygens (including phenoxy) is 2. The Morgan fingerprint density at radius 2 is 1.32 bits per heavy atom. The third-order valence-electron chi connectivity index (χ3n) is 3.90. The first-order valence-electron chi connectivity index (χ1n) is 6.74. The summed E-state index contributed by atoms with van der Waals surface area (Å²) in [5.74, 6) is -1.84. The molecule has 0 amide bonds. The molecule has 2 aliphatic carbocycles. The molecule has 2 rings (SSSR count). The third-order valence-corrected chi connectivity index (χ3v) is 3.90. The Labute approximate surface area is 113 Å². The topological polar surface area (TPSA) is 52.6 Å². The summed E-state index contributed by atoms with van der Waals surface area (Å²) in [6.45, 7) is 0. The van der Waals surface area contributed by atoms with E-state index in [1.54, 1.807) is 0 Å². The van der Waals surface area contributed by atoms with E-state index in [0.29, 0.717) is 0 Å². The monoisotopic (exact) mass is 264 g/mol. The van der Waals surface area contributed by atoms with Crippen molar-refractivity contribution in [3.8, 4) is 0 Å². The van der Waals surface area contributed by atoms with Crippen molar-refractivity contribution in [2.75, 3.05) is 14.2 Å². The minimum absolute atomic E-state index is 0.373. The minimum Gasteiger partial charge on any atom is -0.469 e. The van der Waals surface area contributed by atoms with E-state index in [9.17, 15) is 9.59 Å². The van der Waals surface area contributed by atoms with Crippen LogP contribution in [-0.4, -0.2) is 26.2 Å². The van der Waals surface area contributed by atoms with Gasteiger partial charge in [-0.05, 0) is 36.8 Å². The standard InChI is InChI=1S/C15H20O4/c1-18-14(16)12-8-10-6-4-3-5-7-11(10)9-13(12)15(17)19-2/h8-9,12-13H,3-7H2,1-2H3/t12-,13+. The van der Waals surface area contributed by atoms with Gasteiger partial charge in [-0.2, -0.15) is 0 Å². The first-order chi connectivity index (χ1) is 9.17. The van der Waals surface area contributed by atoms with Crippen LogP contribution in [0.4, 0.5) is 0 Å². The number of methoxy groups -OCH3 is 2. The van der Waals surface area contributed by atoms with Crippen molar-refractivity contribution in [3.63, 3.8) is 0 Å². The molecule has 0 bridgehead atoms. The lowest BCUT2D eigenvalue weighted by Gasteiger charge is -2.25. The predicted octanol–water partition coefficient (Wildman–Crippen LogP) is 2.40. The summed E-state index contributed by atoms with van der Waals surface area (Å²) in [5, 5.41) is 0. The lowest BCUT2D eigenvalue weighted by molar-refractivity contribution is -0.153. The summed E-state index contributed by atoms with van der Waals surface area (Å²) in [4.78, 5) is 23.7. The summed E-state index contributed by atoms with van der Waals surface area (Å²) in [6, 6.07) is 0. The maximum Gasteiger partial charge on any atom is 0.313 e. The van der Waals surface area contributed by atoms with Gasteiger partial charge in [0.2, 0.25) is 0 Å². The summed E-state index contributed by atoms with van der Waals surface area (Å²) < 4.78 is 9.61. The molecule has 0 radical (unpaired) electrons. The van der Waals surface area contributed by atoms with Crippen LogP contribution in [0.5, 0.6) is 0 Å². The second kappa shape index (κ2) is 6.04. The quantitative estimate of drug-likeness (QED) is 0.719. The van der Waals surface area contributed by atoms with Gasteiger partial charge in [-0.1, -0.05) is 18.6 Å². The van der Waals surface area contributed by atoms with Gasteiger partial charge in [-0.25, -0.2) is 0 Å². The second-order valence-electron chi connectivity index (χ2n) is 5.04. The van der Waals surface area contributed by atoms with Crippen LogP contribution < -0.4 is 0 Å². The van der Waals surface area contributed by atoms with Gasteiger partial charge in [-0.3, -0.25) is 9.59 Å². The number of carbonyl (C=O) groups is 2. The molecule has 0 aromatic carbocycles. The highest BCUT2D eigenvalue weighted by Crippen LogP contribution is 2.36. The highest BCUT2D eigenvalue weighted by molar-refractivity contribution is 5.86. The van der Waals surface area contributed by atoms with Crippen molar-refractivity contribution in [1.82, 2.24) is 0 Å². The summed E-state index contributed by atoms with van der Waals surface area (Å²) in [5.41, 5.74) is 2.40. The van der Waals surface area contributed by atoms with E-state index in [1.807, 2.05) is 12.2 Å². The van der Waals surface area contributed by atoms with Crippen LogP contribution in [0.2, 0.25) is 0 Å². The van der Waals surface area contributed by atoms with Gasteiger partial charge in [0, 0.05) is 0 Å². The number of allylic oxidation sites excluding steroid dienone is 2. The van der Waals surface area contributed by atoms with Gasteiger partial charge in [0.15, 0.2) is 0 Å². The fourth-order valence-electron chi connectivity index (χ4n) is 2.85. The molecular formula is C15H20O4. The molecule has 104 valence electrons. The average Bonchev–Trinajstić information content (AvgIpc) is 2.68. The minimum atomic E-state index is -0.547. The van der Waals surface area contributed by atoms with Crippen molar-refractivity contribution in [1.29, 1.82) is 0 Å². The number of carbonyl (C=O) groups excluding carboxylic acids is 2. The van der Waals surface area contributed by atoms with Crippen LogP contribution in [0.25, 0.3) is 0 Å². The normalized spacial score (nSPS) is 26.4. The molecule has 0 unspecified atom stereocenters. The van der Waals surface area contributed by atoms with Crippen LogP contribution in [-0.2, 0) is 19.1 Å². The molecule has 2 aliphatic rings. The van der Waals surface area contributed by atoms with Gasteiger partial charge in [0.25, 0.3) is 0 Å². The van der Waals surface area contributed by atoms with Crippen molar-refractivity contribution in [2.24, 2.45) is 11.8 Å². The van der Waals surface area contributed by atoms with E-state index in [0.717, 1.165) is 25.7 Å². The Morgan fingerprint density at radius 1 is 0.895 bits per heavy atom. The van der Waals surface area contributed by atoms with Crippen molar-refractivity contribution < 1.29 is 19.1 Å². The molecule has 0 N–H and O–H groups in total. The Bertz CT molecular complexity index is 393. The Kier molecular flexibility index (Phi) is 4.40. The van der Waals surface area contributed by atoms with E-state index in [4.69, 9.17) is 9.47 Å². The molecule has 0 aromatic rings. The maximum atomic E-state index is 11.9. The lowest BCUT2D eigenvalue weighted by atomic mass is 9.80. The lowest BCUT2D eigenvalue weighted by Crippen LogP contribution is -2.31. The fraction of sp³-hybridized carbons (Fsp3) is 0.600. The SMILES string of the molecule is COC(=O)[C@H]1C=C2CCCCCC2=C[C@H]1C(=O)OC. The fourth-order valence-corrected chi connectivity index (χ4v) is 2.85. The molecule has 0 spiro atoms. The number of fused-ring (bicyclic) bond motifs is 1. The maximum absolute atomic E-state index is 11.9. The van der Waals surface area contributed by atoms with Gasteiger partial charge < -0.3 is 9.47 Å². The zero-order chi connectivity index (χ0) is 13.8. The summed E-state index contributed by atoms with van der Waals surface area (Å²) in [6.07, 6.45) is 9.25. The highest BCUT2D eigenvalue weighted by Gasteiger charge is 2.36. The number of esters is 2. The zero-order valence-corrected chi connectivity index (χ0v) is 11.5. The van der Waals surface area contributed by atoms with Crippen LogP contribution in [0, 0.1) is 11.8 Å². The average molecular weight is 264 g/mol. The number of hydrogen-bond acceptors (Lipinski definition) is 4. The largest absolute Gasteiger partial charge is 0.469 e. The van der Waals surface area contributed by atoms with Crippen LogP contribution in [0.1, 0.15) is 32.1 Å². The highest BCUT2D eigenvalue weighted by atomic mass is 16.5. The van der Waals surface area contributed by atoms with Crippen molar-refractivity contribution >= 4 is 11.9 Å². The number of rotatable bonds is 2. The van der Waals surface area contributed by atoms with Crippen LogP contribution in [0.15, 0.2) is 23.3 Å². The molecule has 0 aromatic heterocycles. The van der Waals surface area contributed by atoms with Gasteiger partial charge in [0.05, 0.1) is 26.1 Å². The Morgan fingerprint density at radius 3 is 1.68 bits per heavy atom. The molecule has 1 saturated carbocycles. The molecular weight excluding hydrogens is 244 g/mol. The van der Waals surface area contributed by atoms with Crippen molar-refractivity contribution in [3.05, 3.63) is 23.3 Å². The Hall–Kier alpha value is -1.58. The first kappa shape index (κ1) is 13.8. The smallest absolute Gasteiger partial charge is 0.313 e. The first-order valence-corrected chi connectivity index (χ1v) is 6.74. The predicted molar refractivity (Wildman–Crippen MR) is 70.3 cm³/mol. The van der Waals surface area contributed by atoms with E-state index < -0.39 is 11.8 Å². The molecule has 0 aliphatic heterocycles. The molecule has 4 nitrogen and oxygen atoms in total. The number of hydrogen-bond donors (Lipinski definition) is 0. The summed E-state index contributed by atoms with van der Waals surface area (Å²) >= 11 is 0. The van der Waals surface area contributed by atoms with E-state index >= 15 is 0 Å². The van der Waals surface area contributed by atoms with E-state index in [2.05, 4.69) is 0 Å². The van der Waals surface area contributed by atoms with E-state index in [1.165, 1.54) is 31.8 Å². The third kappa shape index (κ3) is 2.88. The molecule has 4 heteroatoms.